The van der Waals surface area contributed by atoms with Gasteiger partial charge in [0.1, 0.15) is 5.15 Å². The number of pyridine rings is 1. The van der Waals surface area contributed by atoms with E-state index in [0.29, 0.717) is 16.8 Å². The van der Waals surface area contributed by atoms with Crippen LogP contribution in [0.25, 0.3) is 0 Å². The van der Waals surface area contributed by atoms with Crippen molar-refractivity contribution in [2.75, 3.05) is 7.11 Å². The van der Waals surface area contributed by atoms with Gasteiger partial charge in [-0.15, -0.1) is 0 Å². The number of nitrogens with zero attached hydrogens (tertiary/aromatic N) is 1. The normalized spacial score (nSPS) is 11.7. The smallest absolute Gasteiger partial charge is 0.339 e. The quantitative estimate of drug-likeness (QED) is 0.497. The van der Waals surface area contributed by atoms with Crippen LogP contribution in [0.15, 0.2) is 18.3 Å². The lowest BCUT2D eigenvalue weighted by molar-refractivity contribution is 0.0316. The van der Waals surface area contributed by atoms with Crippen molar-refractivity contribution >= 4 is 29.3 Å². The number of nitrogens with one attached hydrogen (secondary N) is 1. The number of ketones is 1. The number of rotatable bonds is 5. The van der Waals surface area contributed by atoms with Crippen molar-refractivity contribution < 1.29 is 23.9 Å². The molecule has 25 heavy (non-hydrogen) atoms. The average Bonchev–Trinajstić information content (AvgIpc) is 2.87. The molecule has 0 amide bonds. The third-order valence-corrected chi connectivity index (χ3v) is 3.90. The van der Waals surface area contributed by atoms with Gasteiger partial charge in [-0.2, -0.15) is 0 Å². The van der Waals surface area contributed by atoms with Crippen molar-refractivity contribution in [3.63, 3.8) is 0 Å². The number of ether oxygens (including phenoxy) is 2. The first kappa shape index (κ1) is 18.7. The van der Waals surface area contributed by atoms with Crippen LogP contribution < -0.4 is 0 Å². The summed E-state index contributed by atoms with van der Waals surface area (Å²) in [5.74, 6) is -1.69. The summed E-state index contributed by atoms with van der Waals surface area (Å²) >= 11 is 5.73. The summed E-state index contributed by atoms with van der Waals surface area (Å²) in [5.41, 5.74) is 1.64. The number of H-pyrrole nitrogens is 1. The molecule has 0 bridgehead atoms. The molecule has 2 heterocycles. The van der Waals surface area contributed by atoms with E-state index in [1.54, 1.807) is 13.8 Å². The first-order valence-electron chi connectivity index (χ1n) is 7.40. The molecule has 0 radical (unpaired) electrons. The molecule has 2 aromatic rings. The molecule has 0 aliphatic heterocycles. The molecule has 0 saturated carbocycles. The number of carbonyl (C=O) groups is 3. The Morgan fingerprint density at radius 2 is 1.92 bits per heavy atom. The maximum Gasteiger partial charge on any atom is 0.339 e. The molecule has 0 saturated heterocycles. The standard InChI is InChI=1S/C17H17ClN2O5/c1-8-13(17(23)24-4)9(2)20-14(8)15(21)10(3)25-16(22)11-5-6-19-12(18)7-11/h5-7,10,20H,1-4H3/t10-/m1/s1. The van der Waals surface area contributed by atoms with Crippen LogP contribution >= 0.6 is 11.6 Å². The Balaban J connectivity index is 2.20. The Kier molecular flexibility index (Phi) is 5.58. The van der Waals surface area contributed by atoms with E-state index in [1.807, 2.05) is 0 Å². The van der Waals surface area contributed by atoms with Crippen LogP contribution in [0.4, 0.5) is 0 Å². The van der Waals surface area contributed by atoms with Gasteiger partial charge in [-0.3, -0.25) is 4.79 Å². The van der Waals surface area contributed by atoms with Gasteiger partial charge in [0.15, 0.2) is 6.10 Å². The molecule has 2 rings (SSSR count). The fraction of sp³-hybridized carbons (Fsp3) is 0.294. The molecule has 1 atom stereocenters. The van der Waals surface area contributed by atoms with Crippen LogP contribution in [0.3, 0.4) is 0 Å². The van der Waals surface area contributed by atoms with Crippen molar-refractivity contribution in [1.82, 2.24) is 9.97 Å². The largest absolute Gasteiger partial charge is 0.465 e. The van der Waals surface area contributed by atoms with Crippen LogP contribution in [0.2, 0.25) is 5.15 Å². The van der Waals surface area contributed by atoms with Crippen LogP contribution in [-0.4, -0.2) is 40.9 Å². The highest BCUT2D eigenvalue weighted by Gasteiger charge is 2.27. The van der Waals surface area contributed by atoms with E-state index in [-0.39, 0.29) is 16.4 Å². The predicted molar refractivity (Wildman–Crippen MR) is 90.1 cm³/mol. The fourth-order valence-electron chi connectivity index (χ4n) is 2.42. The first-order chi connectivity index (χ1) is 11.8. The van der Waals surface area contributed by atoms with E-state index in [2.05, 4.69) is 9.97 Å². The highest BCUT2D eigenvalue weighted by molar-refractivity contribution is 6.29. The van der Waals surface area contributed by atoms with Gasteiger partial charge in [0.05, 0.1) is 23.9 Å². The number of Topliss-reactive ketones (excluding diaryl/α,β-unsaturated/α-hetero) is 1. The van der Waals surface area contributed by atoms with Gasteiger partial charge < -0.3 is 14.5 Å². The number of esters is 2. The lowest BCUT2D eigenvalue weighted by Crippen LogP contribution is -2.25. The molecule has 2 aromatic heterocycles. The molecule has 0 aliphatic rings. The Morgan fingerprint density at radius 1 is 1.24 bits per heavy atom. The molecule has 1 N–H and O–H groups in total. The number of aryl methyl sites for hydroxylation is 1. The second-order valence-corrected chi connectivity index (χ2v) is 5.78. The number of aromatic nitrogens is 2. The van der Waals surface area contributed by atoms with Crippen LogP contribution in [-0.2, 0) is 9.47 Å². The van der Waals surface area contributed by atoms with E-state index in [0.717, 1.165) is 0 Å². The molecule has 0 aliphatic carbocycles. The summed E-state index contributed by atoms with van der Waals surface area (Å²) in [5, 5.41) is 0.145. The van der Waals surface area contributed by atoms with Crippen molar-refractivity contribution in [3.8, 4) is 0 Å². The minimum Gasteiger partial charge on any atom is -0.465 e. The highest BCUT2D eigenvalue weighted by atomic mass is 35.5. The van der Waals surface area contributed by atoms with Gasteiger partial charge in [-0.25, -0.2) is 14.6 Å². The molecule has 0 fully saturated rings. The number of methoxy groups -OCH3 is 1. The molecule has 0 aromatic carbocycles. The number of carbonyl (C=O) groups excluding carboxylic acids is 3. The number of hydrogen-bond donors (Lipinski definition) is 1. The second kappa shape index (κ2) is 7.48. The Hall–Kier alpha value is -2.67. The zero-order chi connectivity index (χ0) is 18.7. The third kappa shape index (κ3) is 3.88. The van der Waals surface area contributed by atoms with Gasteiger partial charge in [-0.05, 0) is 38.5 Å². The highest BCUT2D eigenvalue weighted by Crippen LogP contribution is 2.21. The van der Waals surface area contributed by atoms with E-state index in [4.69, 9.17) is 21.1 Å². The molecule has 0 unspecified atom stereocenters. The fourth-order valence-corrected chi connectivity index (χ4v) is 2.59. The number of aromatic amines is 1. The number of hydrogen-bond acceptors (Lipinski definition) is 6. The first-order valence-corrected chi connectivity index (χ1v) is 7.78. The van der Waals surface area contributed by atoms with Gasteiger partial charge in [-0.1, -0.05) is 11.6 Å². The summed E-state index contributed by atoms with van der Waals surface area (Å²) in [6.45, 7) is 4.74. The molecule has 8 heteroatoms. The molecule has 0 spiro atoms. The summed E-state index contributed by atoms with van der Waals surface area (Å²) in [7, 11) is 1.26. The third-order valence-electron chi connectivity index (χ3n) is 3.69. The minimum absolute atomic E-state index is 0.145. The Morgan fingerprint density at radius 3 is 2.52 bits per heavy atom. The van der Waals surface area contributed by atoms with Gasteiger partial charge in [0, 0.05) is 11.9 Å². The zero-order valence-corrected chi connectivity index (χ0v) is 14.9. The van der Waals surface area contributed by atoms with Crippen molar-refractivity contribution in [3.05, 3.63) is 51.6 Å². The van der Waals surface area contributed by atoms with Gasteiger partial charge in [0.25, 0.3) is 0 Å². The van der Waals surface area contributed by atoms with Gasteiger partial charge >= 0.3 is 11.9 Å². The topological polar surface area (TPSA) is 98.4 Å². The van der Waals surface area contributed by atoms with Gasteiger partial charge in [0.2, 0.25) is 5.78 Å². The Labute approximate surface area is 149 Å². The maximum atomic E-state index is 12.6. The maximum absolute atomic E-state index is 12.6. The lowest BCUT2D eigenvalue weighted by atomic mass is 10.1. The zero-order valence-electron chi connectivity index (χ0n) is 14.2. The minimum atomic E-state index is -1.05. The van der Waals surface area contributed by atoms with Crippen LogP contribution in [0.5, 0.6) is 0 Å². The summed E-state index contributed by atoms with van der Waals surface area (Å²) in [6.07, 6.45) is 0.314. The van der Waals surface area contributed by atoms with Crippen LogP contribution in [0.1, 0.15) is 49.4 Å². The SMILES string of the molecule is COC(=O)c1c(C)[nH]c(C(=O)[C@@H](C)OC(=O)c2ccnc(Cl)c2)c1C. The van der Waals surface area contributed by atoms with Crippen molar-refractivity contribution in [2.45, 2.75) is 26.9 Å². The summed E-state index contributed by atoms with van der Waals surface area (Å²) in [6, 6.07) is 2.78. The molecular formula is C17H17ClN2O5. The lowest BCUT2D eigenvalue weighted by Gasteiger charge is -2.12. The monoisotopic (exact) mass is 364 g/mol. The number of halogens is 1. The average molecular weight is 365 g/mol. The molecule has 132 valence electrons. The predicted octanol–water partition coefficient (Wildman–Crippen LogP) is 2.89. The molecular weight excluding hydrogens is 348 g/mol. The summed E-state index contributed by atoms with van der Waals surface area (Å²) < 4.78 is 9.90. The van der Waals surface area contributed by atoms with E-state index in [9.17, 15) is 14.4 Å². The van der Waals surface area contributed by atoms with Crippen molar-refractivity contribution in [1.29, 1.82) is 0 Å². The van der Waals surface area contributed by atoms with E-state index in [1.165, 1.54) is 32.4 Å². The van der Waals surface area contributed by atoms with E-state index < -0.39 is 23.8 Å². The Bertz CT molecular complexity index is 844. The second-order valence-electron chi connectivity index (χ2n) is 5.40. The van der Waals surface area contributed by atoms with Crippen molar-refractivity contribution in [2.24, 2.45) is 0 Å². The summed E-state index contributed by atoms with van der Waals surface area (Å²) in [4.78, 5) is 43.1. The van der Waals surface area contributed by atoms with Crippen LogP contribution in [0, 0.1) is 13.8 Å². The van der Waals surface area contributed by atoms with E-state index >= 15 is 0 Å². The molecule has 7 nitrogen and oxygen atoms in total.